The predicted octanol–water partition coefficient (Wildman–Crippen LogP) is 3.33. The van der Waals surface area contributed by atoms with Crippen molar-refractivity contribution in [3.05, 3.63) is 46.4 Å². The van der Waals surface area contributed by atoms with Crippen LogP contribution in [0.3, 0.4) is 0 Å². The van der Waals surface area contributed by atoms with Gasteiger partial charge >= 0.3 is 10.2 Å². The normalized spacial score (nSPS) is 19.3. The average molecular weight is 523 g/mol. The molecule has 0 spiro atoms. The lowest BCUT2D eigenvalue weighted by Gasteiger charge is -2.18. The quantitative estimate of drug-likeness (QED) is 0.514. The van der Waals surface area contributed by atoms with Gasteiger partial charge in [0, 0.05) is 37.8 Å². The molecule has 0 radical (unpaired) electrons. The van der Waals surface area contributed by atoms with Crippen molar-refractivity contribution in [1.29, 1.82) is 0 Å². The molecule has 192 valence electrons. The summed E-state index contributed by atoms with van der Waals surface area (Å²) in [6.07, 6.45) is 4.43. The predicted molar refractivity (Wildman–Crippen MR) is 130 cm³/mol. The summed E-state index contributed by atoms with van der Waals surface area (Å²) in [7, 11) is -2.84. The van der Waals surface area contributed by atoms with Crippen LogP contribution in [0.15, 0.2) is 29.2 Å². The fourth-order valence-corrected chi connectivity index (χ4v) is 6.00. The number of aromatic nitrogens is 3. The van der Waals surface area contributed by atoms with Gasteiger partial charge in [0.1, 0.15) is 17.6 Å². The number of hydrogen-bond acceptors (Lipinski definition) is 6. The van der Waals surface area contributed by atoms with Gasteiger partial charge in [-0.15, -0.1) is 0 Å². The van der Waals surface area contributed by atoms with Crippen molar-refractivity contribution in [2.75, 3.05) is 23.1 Å². The van der Waals surface area contributed by atoms with Crippen LogP contribution in [0.2, 0.25) is 0 Å². The molecule has 1 saturated carbocycles. The molecule has 1 saturated heterocycles. The van der Waals surface area contributed by atoms with Crippen LogP contribution in [0.25, 0.3) is 22.2 Å². The van der Waals surface area contributed by atoms with Crippen molar-refractivity contribution in [2.45, 2.75) is 44.3 Å². The maximum absolute atomic E-state index is 15.5. The van der Waals surface area contributed by atoms with Crippen LogP contribution >= 0.6 is 0 Å². The van der Waals surface area contributed by atoms with Gasteiger partial charge in [0.15, 0.2) is 5.82 Å². The third kappa shape index (κ3) is 4.52. The van der Waals surface area contributed by atoms with Crippen LogP contribution < -0.4 is 15.6 Å². The van der Waals surface area contributed by atoms with E-state index in [1.54, 1.807) is 0 Å². The molecule has 2 aromatic heterocycles. The molecule has 0 amide bonds. The number of nitrogens with zero attached hydrogens (tertiary/aromatic N) is 4. The van der Waals surface area contributed by atoms with Crippen molar-refractivity contribution < 1.29 is 21.6 Å². The number of hydrogen-bond donors (Lipinski definition) is 2. The SMILES string of the molecule is Cn1c(=O)c(-c2c(F)ccc(NS(=O)(=O)N3CC[C@@H](F)C3)c2F)cc2cnc(NC3CCCC3)nc21. The number of benzene rings is 1. The van der Waals surface area contributed by atoms with Crippen LogP contribution in [-0.2, 0) is 17.3 Å². The van der Waals surface area contributed by atoms with E-state index in [4.69, 9.17) is 0 Å². The van der Waals surface area contributed by atoms with Crippen molar-refractivity contribution in [3.63, 3.8) is 0 Å². The molecule has 1 aliphatic carbocycles. The Morgan fingerprint density at radius 3 is 2.58 bits per heavy atom. The molecule has 2 N–H and O–H groups in total. The lowest BCUT2D eigenvalue weighted by molar-refractivity contribution is 0.343. The summed E-state index contributed by atoms with van der Waals surface area (Å²) >= 11 is 0. The minimum atomic E-state index is -4.28. The Morgan fingerprint density at radius 2 is 1.89 bits per heavy atom. The average Bonchev–Trinajstić information content (AvgIpc) is 3.51. The van der Waals surface area contributed by atoms with Gasteiger partial charge in [0.25, 0.3) is 5.56 Å². The van der Waals surface area contributed by atoms with Crippen LogP contribution in [-0.4, -0.2) is 52.6 Å². The second-order valence-corrected chi connectivity index (χ2v) is 10.8. The van der Waals surface area contributed by atoms with E-state index < -0.39 is 44.8 Å². The number of anilines is 2. The Morgan fingerprint density at radius 1 is 1.14 bits per heavy atom. The highest BCUT2D eigenvalue weighted by atomic mass is 32.2. The number of alkyl halides is 1. The highest BCUT2D eigenvalue weighted by molar-refractivity contribution is 7.90. The zero-order valence-electron chi connectivity index (χ0n) is 19.5. The fraction of sp³-hybridized carbons (Fsp3) is 0.435. The van der Waals surface area contributed by atoms with E-state index in [-0.39, 0.29) is 36.8 Å². The summed E-state index contributed by atoms with van der Waals surface area (Å²) in [4.78, 5) is 21.8. The van der Waals surface area contributed by atoms with E-state index in [1.807, 2.05) is 4.72 Å². The van der Waals surface area contributed by atoms with Crippen LogP contribution in [0.5, 0.6) is 0 Å². The maximum atomic E-state index is 15.5. The molecule has 36 heavy (non-hydrogen) atoms. The second-order valence-electron chi connectivity index (χ2n) is 9.16. The maximum Gasteiger partial charge on any atom is 0.301 e. The first kappa shape index (κ1) is 24.5. The Kier molecular flexibility index (Phi) is 6.37. The molecule has 1 aliphatic heterocycles. The van der Waals surface area contributed by atoms with Gasteiger partial charge in [-0.25, -0.2) is 18.2 Å². The third-order valence-corrected chi connectivity index (χ3v) is 8.16. The van der Waals surface area contributed by atoms with Crippen LogP contribution in [0.4, 0.5) is 24.8 Å². The van der Waals surface area contributed by atoms with Crippen molar-refractivity contribution in [1.82, 2.24) is 18.8 Å². The summed E-state index contributed by atoms with van der Waals surface area (Å²) in [6, 6.07) is 3.33. The fourth-order valence-electron chi connectivity index (χ4n) is 4.74. The van der Waals surface area contributed by atoms with Gasteiger partial charge in [0.05, 0.1) is 16.8 Å². The summed E-state index contributed by atoms with van der Waals surface area (Å²) in [5.41, 5.74) is -1.98. The molecular formula is C23H25F3N6O3S. The molecule has 9 nitrogen and oxygen atoms in total. The zero-order valence-corrected chi connectivity index (χ0v) is 20.3. The lowest BCUT2D eigenvalue weighted by atomic mass is 10.0. The van der Waals surface area contributed by atoms with Gasteiger partial charge in [-0.2, -0.15) is 17.7 Å². The standard InChI is InChI=1S/C23H25F3N6O3S/c1-31-21-13(11-27-23(29-21)28-15-4-2-3-5-15)10-16(22(31)33)19-17(25)6-7-18(20(19)26)30-36(34,35)32-9-8-14(24)12-32/h6-7,10-11,14-15,30H,2-5,8-9,12H2,1H3,(H,27,28,29)/t14-/m1/s1. The number of fused-ring (bicyclic) bond motifs is 1. The molecule has 0 bridgehead atoms. The topological polar surface area (TPSA) is 109 Å². The van der Waals surface area contributed by atoms with E-state index in [1.165, 1.54) is 23.9 Å². The minimum Gasteiger partial charge on any atom is -0.351 e. The van der Waals surface area contributed by atoms with Gasteiger partial charge in [-0.3, -0.25) is 14.1 Å². The lowest BCUT2D eigenvalue weighted by Crippen LogP contribution is -2.34. The monoisotopic (exact) mass is 522 g/mol. The Hall–Kier alpha value is -3.19. The summed E-state index contributed by atoms with van der Waals surface area (Å²) in [5.74, 6) is -1.94. The van der Waals surface area contributed by atoms with E-state index in [2.05, 4.69) is 15.3 Å². The van der Waals surface area contributed by atoms with Crippen molar-refractivity contribution in [3.8, 4) is 11.1 Å². The van der Waals surface area contributed by atoms with Gasteiger partial charge in [-0.05, 0) is 37.5 Å². The third-order valence-electron chi connectivity index (χ3n) is 6.67. The number of aryl methyl sites for hydroxylation is 1. The highest BCUT2D eigenvalue weighted by Gasteiger charge is 2.32. The Bertz CT molecular complexity index is 1490. The first-order valence-electron chi connectivity index (χ1n) is 11.7. The molecule has 2 aliphatic rings. The van der Waals surface area contributed by atoms with Gasteiger partial charge in [-0.1, -0.05) is 12.8 Å². The van der Waals surface area contributed by atoms with Crippen LogP contribution in [0.1, 0.15) is 32.1 Å². The van der Waals surface area contributed by atoms with E-state index in [0.29, 0.717) is 11.3 Å². The number of rotatable bonds is 6. The number of nitrogens with one attached hydrogen (secondary N) is 2. The summed E-state index contributed by atoms with van der Waals surface area (Å²) < 4.78 is 73.0. The highest BCUT2D eigenvalue weighted by Crippen LogP contribution is 2.31. The van der Waals surface area contributed by atoms with E-state index >= 15 is 4.39 Å². The van der Waals surface area contributed by atoms with E-state index in [9.17, 15) is 22.0 Å². The molecule has 3 aromatic rings. The Balaban J connectivity index is 1.53. The largest absolute Gasteiger partial charge is 0.351 e. The molecule has 0 unspecified atom stereocenters. The van der Waals surface area contributed by atoms with Gasteiger partial charge in [0.2, 0.25) is 5.95 Å². The summed E-state index contributed by atoms with van der Waals surface area (Å²) in [6.45, 7) is -0.414. The van der Waals surface area contributed by atoms with Crippen molar-refractivity contribution in [2.24, 2.45) is 7.05 Å². The van der Waals surface area contributed by atoms with Crippen molar-refractivity contribution >= 4 is 32.9 Å². The molecule has 1 atom stereocenters. The Labute approximate surface area is 205 Å². The molecule has 13 heteroatoms. The molecule has 5 rings (SSSR count). The zero-order chi connectivity index (χ0) is 25.6. The van der Waals surface area contributed by atoms with Crippen LogP contribution in [0, 0.1) is 11.6 Å². The molecule has 1 aromatic carbocycles. The number of pyridine rings is 1. The van der Waals surface area contributed by atoms with Gasteiger partial charge < -0.3 is 5.32 Å². The molecule has 2 fully saturated rings. The minimum absolute atomic E-state index is 0.0329. The molecular weight excluding hydrogens is 497 g/mol. The summed E-state index contributed by atoms with van der Waals surface area (Å²) in [5, 5.41) is 3.62. The smallest absolute Gasteiger partial charge is 0.301 e. The molecule has 3 heterocycles. The second kappa shape index (κ2) is 9.36. The van der Waals surface area contributed by atoms with E-state index in [0.717, 1.165) is 42.1 Å². The first-order chi connectivity index (χ1) is 17.1. The number of halogens is 3. The first-order valence-corrected chi connectivity index (χ1v) is 13.1.